The molecule has 3 rings (SSSR count). The molecule has 0 aliphatic carbocycles. The van der Waals surface area contributed by atoms with Crippen molar-refractivity contribution in [1.29, 1.82) is 0 Å². The molecular formula is C17H19F4N3O5S. The van der Waals surface area contributed by atoms with E-state index in [2.05, 4.69) is 4.84 Å². The van der Waals surface area contributed by atoms with Crippen LogP contribution in [0.4, 0.5) is 23.2 Å². The van der Waals surface area contributed by atoms with Gasteiger partial charge in [0.05, 0.1) is 18.2 Å². The van der Waals surface area contributed by atoms with E-state index in [1.807, 2.05) is 4.90 Å². The second-order valence-electron chi connectivity index (χ2n) is 6.94. The first-order valence-electron chi connectivity index (χ1n) is 9.06. The van der Waals surface area contributed by atoms with Gasteiger partial charge in [0, 0.05) is 31.9 Å². The number of benzene rings is 1. The summed E-state index contributed by atoms with van der Waals surface area (Å²) in [6.45, 7) is 0.706. The lowest BCUT2D eigenvalue weighted by molar-refractivity contribution is -0.234. The Bertz CT molecular complexity index is 899. The standard InChI is InChI=1S/C17H19F4N3O5S/c18-13-1-3-14(4-2-13)22-7-9-23(10-8-22)30(27,28)11-12-5-6-24(15(12)25)29-16(26)17(19,20)21/h1-4,12H,5-11H2. The Hall–Kier alpha value is -2.41. The number of hydrogen-bond acceptors (Lipinski definition) is 6. The van der Waals surface area contributed by atoms with Gasteiger partial charge in [-0.2, -0.15) is 22.5 Å². The summed E-state index contributed by atoms with van der Waals surface area (Å²) in [6.07, 6.45) is -5.30. The van der Waals surface area contributed by atoms with Gasteiger partial charge in [-0.15, -0.1) is 0 Å². The molecule has 166 valence electrons. The lowest BCUT2D eigenvalue weighted by Gasteiger charge is -2.35. The summed E-state index contributed by atoms with van der Waals surface area (Å²) in [5.74, 6) is -5.55. The zero-order chi connectivity index (χ0) is 22.1. The predicted octanol–water partition coefficient (Wildman–Crippen LogP) is 1.15. The number of piperazine rings is 1. The van der Waals surface area contributed by atoms with Gasteiger partial charge in [0.1, 0.15) is 5.82 Å². The van der Waals surface area contributed by atoms with E-state index in [9.17, 15) is 35.6 Å². The third kappa shape index (κ3) is 5.01. The summed E-state index contributed by atoms with van der Waals surface area (Å²) in [5.41, 5.74) is 0.751. The molecule has 0 N–H and O–H groups in total. The van der Waals surface area contributed by atoms with Gasteiger partial charge in [-0.25, -0.2) is 17.6 Å². The van der Waals surface area contributed by atoms with E-state index in [4.69, 9.17) is 0 Å². The fourth-order valence-corrected chi connectivity index (χ4v) is 5.09. The first kappa shape index (κ1) is 22.3. The van der Waals surface area contributed by atoms with Crippen molar-refractivity contribution in [3.05, 3.63) is 30.1 Å². The molecule has 8 nitrogen and oxygen atoms in total. The number of carbonyl (C=O) groups excluding carboxylic acids is 2. The highest BCUT2D eigenvalue weighted by atomic mass is 32.2. The predicted molar refractivity (Wildman–Crippen MR) is 95.9 cm³/mol. The summed E-state index contributed by atoms with van der Waals surface area (Å²) in [6, 6.07) is 5.80. The van der Waals surface area contributed by atoms with Crippen molar-refractivity contribution in [2.24, 2.45) is 5.92 Å². The van der Waals surface area contributed by atoms with Crippen LogP contribution in [0.1, 0.15) is 6.42 Å². The van der Waals surface area contributed by atoms with Gasteiger partial charge in [0.25, 0.3) is 5.91 Å². The van der Waals surface area contributed by atoms with Gasteiger partial charge in [0.15, 0.2) is 0 Å². The minimum absolute atomic E-state index is 0.0429. The molecule has 2 aliphatic heterocycles. The van der Waals surface area contributed by atoms with Crippen LogP contribution >= 0.6 is 0 Å². The Labute approximate surface area is 170 Å². The van der Waals surface area contributed by atoms with E-state index in [-0.39, 0.29) is 36.9 Å². The maximum Gasteiger partial charge on any atom is 0.493 e. The molecule has 1 aromatic carbocycles. The fraction of sp³-hybridized carbons (Fsp3) is 0.529. The molecule has 2 saturated heterocycles. The van der Waals surface area contributed by atoms with Crippen molar-refractivity contribution in [3.63, 3.8) is 0 Å². The normalized spacial score (nSPS) is 21.2. The van der Waals surface area contributed by atoms with Crippen LogP contribution in [0.15, 0.2) is 24.3 Å². The van der Waals surface area contributed by atoms with Crippen LogP contribution in [0.3, 0.4) is 0 Å². The topological polar surface area (TPSA) is 87.2 Å². The molecule has 0 bridgehead atoms. The molecule has 0 spiro atoms. The molecule has 1 atom stereocenters. The van der Waals surface area contributed by atoms with E-state index in [0.717, 1.165) is 5.69 Å². The van der Waals surface area contributed by atoms with E-state index in [1.165, 1.54) is 16.4 Å². The van der Waals surface area contributed by atoms with Crippen LogP contribution in [0.2, 0.25) is 0 Å². The zero-order valence-corrected chi connectivity index (χ0v) is 16.5. The molecule has 1 amide bonds. The molecule has 0 aromatic heterocycles. The molecule has 1 aromatic rings. The number of hydroxylamine groups is 2. The third-order valence-corrected chi connectivity index (χ3v) is 6.91. The Morgan fingerprint density at radius 2 is 1.67 bits per heavy atom. The molecule has 13 heteroatoms. The molecule has 30 heavy (non-hydrogen) atoms. The van der Waals surface area contributed by atoms with Gasteiger partial charge >= 0.3 is 12.1 Å². The molecule has 1 unspecified atom stereocenters. The van der Waals surface area contributed by atoms with Gasteiger partial charge in [-0.3, -0.25) is 4.79 Å². The Morgan fingerprint density at radius 3 is 2.23 bits per heavy atom. The van der Waals surface area contributed by atoms with Crippen LogP contribution in [0, 0.1) is 11.7 Å². The van der Waals surface area contributed by atoms with Gasteiger partial charge in [0.2, 0.25) is 10.0 Å². The Balaban J connectivity index is 1.55. The number of nitrogens with zero attached hydrogens (tertiary/aromatic N) is 3. The summed E-state index contributed by atoms with van der Waals surface area (Å²) < 4.78 is 76.4. The van der Waals surface area contributed by atoms with Crippen molar-refractivity contribution in [3.8, 4) is 0 Å². The first-order valence-corrected chi connectivity index (χ1v) is 10.7. The van der Waals surface area contributed by atoms with Gasteiger partial charge in [-0.05, 0) is 30.7 Å². The number of alkyl halides is 3. The van der Waals surface area contributed by atoms with Crippen molar-refractivity contribution >= 4 is 27.6 Å². The average Bonchev–Trinajstić information content (AvgIpc) is 3.01. The number of carbonyl (C=O) groups is 2. The minimum atomic E-state index is -5.26. The van der Waals surface area contributed by atoms with Crippen molar-refractivity contribution < 1.29 is 40.4 Å². The van der Waals surface area contributed by atoms with Crippen molar-refractivity contribution in [1.82, 2.24) is 9.37 Å². The maximum atomic E-state index is 13.0. The number of halogens is 4. The monoisotopic (exact) mass is 453 g/mol. The van der Waals surface area contributed by atoms with Gasteiger partial charge < -0.3 is 9.74 Å². The van der Waals surface area contributed by atoms with Crippen molar-refractivity contribution in [2.75, 3.05) is 43.4 Å². The summed E-state index contributed by atoms with van der Waals surface area (Å²) >= 11 is 0. The van der Waals surface area contributed by atoms with E-state index in [1.54, 1.807) is 12.1 Å². The summed E-state index contributed by atoms with van der Waals surface area (Å²) in [5, 5.41) is 0.266. The lowest BCUT2D eigenvalue weighted by atomic mass is 10.1. The molecule has 0 radical (unpaired) electrons. The fourth-order valence-electron chi connectivity index (χ4n) is 3.34. The number of hydrogen-bond donors (Lipinski definition) is 0. The smallest absolute Gasteiger partial charge is 0.369 e. The molecule has 2 fully saturated rings. The van der Waals surface area contributed by atoms with Gasteiger partial charge in [-0.1, -0.05) is 0 Å². The Kier molecular flexibility index (Phi) is 6.22. The second-order valence-corrected chi connectivity index (χ2v) is 8.96. The molecular weight excluding hydrogens is 434 g/mol. The highest BCUT2D eigenvalue weighted by molar-refractivity contribution is 7.89. The largest absolute Gasteiger partial charge is 0.493 e. The number of sulfonamides is 1. The number of amides is 1. The number of rotatable bonds is 5. The van der Waals surface area contributed by atoms with Crippen LogP contribution in [0.25, 0.3) is 0 Å². The highest BCUT2D eigenvalue weighted by Crippen LogP contribution is 2.25. The molecule has 2 aliphatic rings. The second kappa shape index (κ2) is 8.38. The van der Waals surface area contributed by atoms with E-state index >= 15 is 0 Å². The first-order chi connectivity index (χ1) is 14.0. The lowest BCUT2D eigenvalue weighted by Crippen LogP contribution is -2.50. The highest BCUT2D eigenvalue weighted by Gasteiger charge is 2.46. The van der Waals surface area contributed by atoms with Crippen LogP contribution in [-0.4, -0.2) is 74.3 Å². The maximum absolute atomic E-state index is 13.0. The quantitative estimate of drug-likeness (QED) is 0.622. The van der Waals surface area contributed by atoms with Crippen LogP contribution in [-0.2, 0) is 24.4 Å². The van der Waals surface area contributed by atoms with Crippen LogP contribution in [0.5, 0.6) is 0 Å². The summed E-state index contributed by atoms with van der Waals surface area (Å²) in [4.78, 5) is 29.0. The van der Waals surface area contributed by atoms with Crippen LogP contribution < -0.4 is 4.90 Å². The summed E-state index contributed by atoms with van der Waals surface area (Å²) in [7, 11) is -3.86. The van der Waals surface area contributed by atoms with Crippen molar-refractivity contribution in [2.45, 2.75) is 12.6 Å². The molecule has 2 heterocycles. The third-order valence-electron chi connectivity index (χ3n) is 4.94. The Morgan fingerprint density at radius 1 is 1.07 bits per heavy atom. The SMILES string of the molecule is O=C1C(CS(=O)(=O)N2CCN(c3ccc(F)cc3)CC2)CCN1OC(=O)C(F)(F)F. The minimum Gasteiger partial charge on any atom is -0.369 e. The molecule has 0 saturated carbocycles. The zero-order valence-electron chi connectivity index (χ0n) is 15.6. The van der Waals surface area contributed by atoms with E-state index in [0.29, 0.717) is 13.1 Å². The number of anilines is 1. The van der Waals surface area contributed by atoms with E-state index < -0.39 is 39.7 Å². The average molecular weight is 453 g/mol.